The Kier molecular flexibility index (Phi) is 5.28. The first-order valence-corrected chi connectivity index (χ1v) is 10.0. The van der Waals surface area contributed by atoms with E-state index in [1.165, 1.54) is 19.2 Å². The molecule has 0 saturated heterocycles. The van der Waals surface area contributed by atoms with E-state index in [0.717, 1.165) is 4.31 Å². The zero-order chi connectivity index (χ0) is 19.8. The van der Waals surface area contributed by atoms with Gasteiger partial charge in [-0.05, 0) is 48.9 Å². The van der Waals surface area contributed by atoms with Gasteiger partial charge in [-0.15, -0.1) is 0 Å². The molecule has 140 valence electrons. The molecule has 1 heterocycles. The van der Waals surface area contributed by atoms with Crippen LogP contribution in [0.3, 0.4) is 0 Å². The summed E-state index contributed by atoms with van der Waals surface area (Å²) in [4.78, 5) is 8.08. The van der Waals surface area contributed by atoms with Crippen LogP contribution < -0.4 is 10.0 Å². The van der Waals surface area contributed by atoms with E-state index in [1.54, 1.807) is 43.5 Å². The molecule has 0 saturated carbocycles. The molecular formula is C18H16Cl2N4O2S. The van der Waals surface area contributed by atoms with Gasteiger partial charge in [0.15, 0.2) is 0 Å². The van der Waals surface area contributed by atoms with Gasteiger partial charge in [0.05, 0.1) is 16.4 Å². The number of anilines is 2. The van der Waals surface area contributed by atoms with Crippen LogP contribution in [0.25, 0.3) is 11.1 Å². The van der Waals surface area contributed by atoms with Gasteiger partial charge in [-0.1, -0.05) is 29.3 Å². The number of nitrogens with two attached hydrogens (primary N) is 1. The second kappa shape index (κ2) is 7.34. The van der Waals surface area contributed by atoms with Crippen molar-refractivity contribution in [3.63, 3.8) is 0 Å². The molecule has 2 aromatic carbocycles. The average molecular weight is 423 g/mol. The highest BCUT2D eigenvalue weighted by Crippen LogP contribution is 2.32. The van der Waals surface area contributed by atoms with Gasteiger partial charge in [-0.3, -0.25) is 4.31 Å². The Morgan fingerprint density at radius 1 is 1.07 bits per heavy atom. The summed E-state index contributed by atoms with van der Waals surface area (Å²) in [5.74, 6) is 0.153. The average Bonchev–Trinajstić information content (AvgIpc) is 2.62. The lowest BCUT2D eigenvalue weighted by Gasteiger charge is -2.21. The number of aryl methyl sites for hydroxylation is 1. The molecule has 2 N–H and O–H groups in total. The molecule has 0 unspecified atom stereocenters. The molecule has 1 aromatic heterocycles. The van der Waals surface area contributed by atoms with Crippen molar-refractivity contribution in [2.24, 2.45) is 0 Å². The predicted octanol–water partition coefficient (Wildman–Crippen LogP) is 4.17. The summed E-state index contributed by atoms with van der Waals surface area (Å²) in [5, 5.41) is 0.636. The zero-order valence-corrected chi connectivity index (χ0v) is 16.8. The van der Waals surface area contributed by atoms with E-state index in [1.807, 2.05) is 0 Å². The molecule has 0 aliphatic carbocycles. The van der Waals surface area contributed by atoms with Gasteiger partial charge in [0.25, 0.3) is 10.0 Å². The molecule has 0 amide bonds. The summed E-state index contributed by atoms with van der Waals surface area (Å²) in [6, 6.07) is 11.2. The Morgan fingerprint density at radius 3 is 2.37 bits per heavy atom. The number of hydrogen-bond donors (Lipinski definition) is 1. The van der Waals surface area contributed by atoms with Crippen LogP contribution in [-0.4, -0.2) is 25.4 Å². The minimum Gasteiger partial charge on any atom is -0.368 e. The lowest BCUT2D eigenvalue weighted by atomic mass is 10.1. The van der Waals surface area contributed by atoms with E-state index in [9.17, 15) is 8.42 Å². The van der Waals surface area contributed by atoms with Gasteiger partial charge in [0, 0.05) is 23.8 Å². The van der Waals surface area contributed by atoms with E-state index in [2.05, 4.69) is 9.97 Å². The molecule has 0 aliphatic heterocycles. The van der Waals surface area contributed by atoms with Gasteiger partial charge in [-0.2, -0.15) is 0 Å². The molecule has 0 aliphatic rings. The topological polar surface area (TPSA) is 89.2 Å². The molecule has 6 nitrogen and oxygen atoms in total. The molecule has 0 atom stereocenters. The number of rotatable bonds is 4. The number of sulfonamides is 1. The van der Waals surface area contributed by atoms with E-state index in [0.29, 0.717) is 27.5 Å². The van der Waals surface area contributed by atoms with Crippen LogP contribution in [0.5, 0.6) is 0 Å². The number of nitrogen functional groups attached to an aromatic ring is 1. The number of benzene rings is 2. The lowest BCUT2D eigenvalue weighted by Crippen LogP contribution is -2.26. The second-order valence-corrected chi connectivity index (χ2v) is 8.60. The van der Waals surface area contributed by atoms with Crippen molar-refractivity contribution in [1.29, 1.82) is 0 Å². The van der Waals surface area contributed by atoms with Crippen molar-refractivity contribution in [3.05, 3.63) is 64.4 Å². The third-order valence-corrected chi connectivity index (χ3v) is 6.59. The SMILES string of the molecule is Cc1nc(N)ncc1-c1ccc(Cl)c(S(=O)(=O)N(C)c2ccc(Cl)cc2)c1. The van der Waals surface area contributed by atoms with Crippen LogP contribution in [0.15, 0.2) is 53.6 Å². The van der Waals surface area contributed by atoms with E-state index in [4.69, 9.17) is 28.9 Å². The summed E-state index contributed by atoms with van der Waals surface area (Å²) in [6.07, 6.45) is 1.56. The third-order valence-electron chi connectivity index (χ3n) is 4.07. The molecule has 27 heavy (non-hydrogen) atoms. The van der Waals surface area contributed by atoms with Crippen molar-refractivity contribution in [2.45, 2.75) is 11.8 Å². The fourth-order valence-corrected chi connectivity index (χ4v) is 4.40. The molecule has 0 bridgehead atoms. The van der Waals surface area contributed by atoms with Crippen molar-refractivity contribution in [2.75, 3.05) is 17.1 Å². The maximum absolute atomic E-state index is 13.1. The van der Waals surface area contributed by atoms with Crippen molar-refractivity contribution < 1.29 is 8.42 Å². The summed E-state index contributed by atoms with van der Waals surface area (Å²) in [5.41, 5.74) is 7.99. The Hall–Kier alpha value is -2.35. The van der Waals surface area contributed by atoms with Crippen molar-refractivity contribution >= 4 is 44.9 Å². The minimum atomic E-state index is -3.89. The van der Waals surface area contributed by atoms with E-state index < -0.39 is 10.0 Å². The quantitative estimate of drug-likeness (QED) is 0.681. The molecule has 0 spiro atoms. The van der Waals surface area contributed by atoms with Gasteiger partial charge in [0.2, 0.25) is 5.95 Å². The molecule has 3 aromatic rings. The standard InChI is InChI=1S/C18H16Cl2N4O2S/c1-11-15(10-22-18(21)23-11)12-3-8-16(20)17(9-12)27(25,26)24(2)14-6-4-13(19)5-7-14/h3-10H,1-2H3,(H2,21,22,23). The van der Waals surface area contributed by atoms with Crippen LogP contribution in [0, 0.1) is 6.92 Å². The second-order valence-electron chi connectivity index (χ2n) is 5.82. The third kappa shape index (κ3) is 3.85. The maximum Gasteiger partial charge on any atom is 0.265 e. The number of nitrogens with zero attached hydrogens (tertiary/aromatic N) is 3. The van der Waals surface area contributed by atoms with Gasteiger partial charge in [-0.25, -0.2) is 18.4 Å². The highest BCUT2D eigenvalue weighted by Gasteiger charge is 2.25. The minimum absolute atomic E-state index is 0.0182. The molecule has 0 fully saturated rings. The van der Waals surface area contributed by atoms with E-state index >= 15 is 0 Å². The first-order valence-electron chi connectivity index (χ1n) is 7.83. The molecule has 9 heteroatoms. The van der Waals surface area contributed by atoms with Gasteiger partial charge in [0.1, 0.15) is 4.90 Å². The van der Waals surface area contributed by atoms with E-state index in [-0.39, 0.29) is 15.9 Å². The van der Waals surface area contributed by atoms with Crippen LogP contribution in [0.4, 0.5) is 11.6 Å². The fraction of sp³-hybridized carbons (Fsp3) is 0.111. The Balaban J connectivity index is 2.08. The highest BCUT2D eigenvalue weighted by atomic mass is 35.5. The number of aromatic nitrogens is 2. The summed E-state index contributed by atoms with van der Waals surface area (Å²) >= 11 is 12.1. The van der Waals surface area contributed by atoms with Crippen LogP contribution >= 0.6 is 23.2 Å². The predicted molar refractivity (Wildman–Crippen MR) is 109 cm³/mol. The van der Waals surface area contributed by atoms with Crippen LogP contribution in [-0.2, 0) is 10.0 Å². The summed E-state index contributed by atoms with van der Waals surface area (Å²) in [6.45, 7) is 1.77. The largest absolute Gasteiger partial charge is 0.368 e. The zero-order valence-electron chi connectivity index (χ0n) is 14.5. The van der Waals surface area contributed by atoms with Crippen molar-refractivity contribution in [3.8, 4) is 11.1 Å². The molecular weight excluding hydrogens is 407 g/mol. The lowest BCUT2D eigenvalue weighted by molar-refractivity contribution is 0.594. The normalized spacial score (nSPS) is 11.4. The first kappa shape index (κ1) is 19.4. The molecule has 0 radical (unpaired) electrons. The summed E-state index contributed by atoms with van der Waals surface area (Å²) < 4.78 is 27.4. The Labute approximate surface area is 167 Å². The highest BCUT2D eigenvalue weighted by molar-refractivity contribution is 7.93. The van der Waals surface area contributed by atoms with Crippen LogP contribution in [0.2, 0.25) is 10.0 Å². The Bertz CT molecular complexity index is 1100. The first-order chi connectivity index (χ1) is 12.7. The van der Waals surface area contributed by atoms with Crippen LogP contribution in [0.1, 0.15) is 5.69 Å². The fourth-order valence-electron chi connectivity index (χ4n) is 2.57. The monoisotopic (exact) mass is 422 g/mol. The number of hydrogen-bond acceptors (Lipinski definition) is 5. The number of halogens is 2. The molecule has 3 rings (SSSR count). The van der Waals surface area contributed by atoms with Gasteiger partial charge >= 0.3 is 0 Å². The maximum atomic E-state index is 13.1. The van der Waals surface area contributed by atoms with Crippen molar-refractivity contribution in [1.82, 2.24) is 9.97 Å². The smallest absolute Gasteiger partial charge is 0.265 e. The van der Waals surface area contributed by atoms with Gasteiger partial charge < -0.3 is 5.73 Å². The summed E-state index contributed by atoms with van der Waals surface area (Å²) in [7, 11) is -2.44. The Morgan fingerprint density at radius 2 is 1.74 bits per heavy atom.